The summed E-state index contributed by atoms with van der Waals surface area (Å²) in [5, 5.41) is 3.31. The Balaban J connectivity index is 1.90. The van der Waals surface area contributed by atoms with Crippen molar-refractivity contribution in [3.8, 4) is 0 Å². The van der Waals surface area contributed by atoms with E-state index in [1.165, 1.54) is 0 Å². The number of pyridine rings is 1. The quantitative estimate of drug-likeness (QED) is 0.841. The normalized spacial score (nSPS) is 16.8. The van der Waals surface area contributed by atoms with Crippen LogP contribution in [-0.2, 0) is 11.2 Å². The molecule has 0 atom stereocenters. The van der Waals surface area contributed by atoms with Gasteiger partial charge >= 0.3 is 0 Å². The largest absolute Gasteiger partial charge is 0.342 e. The number of amides is 1. The molecule has 0 bridgehead atoms. The first-order valence-electron chi connectivity index (χ1n) is 6.12. The van der Waals surface area contributed by atoms with Crippen molar-refractivity contribution in [1.29, 1.82) is 0 Å². The summed E-state index contributed by atoms with van der Waals surface area (Å²) in [6.45, 7) is 2.02. The lowest BCUT2D eigenvalue weighted by molar-refractivity contribution is -0.131. The Labute approximate surface area is 102 Å². The molecular formula is C13H19N3O. The molecule has 1 fully saturated rings. The minimum absolute atomic E-state index is 0.197. The van der Waals surface area contributed by atoms with Crippen molar-refractivity contribution in [3.05, 3.63) is 30.1 Å². The van der Waals surface area contributed by atoms with Gasteiger partial charge in [-0.1, -0.05) is 0 Å². The Kier molecular flexibility index (Phi) is 4.09. The predicted octanol–water partition coefficient (Wildman–Crippen LogP) is 0.834. The van der Waals surface area contributed by atoms with Gasteiger partial charge in [0, 0.05) is 25.5 Å². The van der Waals surface area contributed by atoms with E-state index in [1.54, 1.807) is 12.4 Å². The van der Waals surface area contributed by atoms with E-state index in [-0.39, 0.29) is 5.91 Å². The Morgan fingerprint density at radius 1 is 1.41 bits per heavy atom. The lowest BCUT2D eigenvalue weighted by atomic mass is 10.0. The molecule has 1 saturated heterocycles. The third-order valence-corrected chi connectivity index (χ3v) is 3.35. The summed E-state index contributed by atoms with van der Waals surface area (Å²) in [5.41, 5.74) is 1.03. The van der Waals surface area contributed by atoms with Gasteiger partial charge in [0.25, 0.3) is 0 Å². The van der Waals surface area contributed by atoms with Crippen LogP contribution in [0.4, 0.5) is 0 Å². The minimum atomic E-state index is 0.197. The highest BCUT2D eigenvalue weighted by Gasteiger charge is 2.21. The van der Waals surface area contributed by atoms with Gasteiger partial charge in [0.2, 0.25) is 5.91 Å². The summed E-state index contributed by atoms with van der Waals surface area (Å²) in [7, 11) is 1.92. The van der Waals surface area contributed by atoms with Crippen LogP contribution < -0.4 is 5.32 Å². The van der Waals surface area contributed by atoms with Gasteiger partial charge in [-0.25, -0.2) is 0 Å². The van der Waals surface area contributed by atoms with Crippen LogP contribution in [0.15, 0.2) is 24.5 Å². The summed E-state index contributed by atoms with van der Waals surface area (Å²) in [4.78, 5) is 18.0. The molecular weight excluding hydrogens is 214 g/mol. The van der Waals surface area contributed by atoms with Crippen LogP contribution in [0.2, 0.25) is 0 Å². The Hall–Kier alpha value is -1.42. The van der Waals surface area contributed by atoms with Crippen molar-refractivity contribution in [1.82, 2.24) is 15.2 Å². The molecule has 0 radical (unpaired) electrons. The fourth-order valence-electron chi connectivity index (χ4n) is 2.20. The standard InChI is InChI=1S/C13H19N3O/c1-16(12-4-8-15-9-5-12)13(17)10-11-2-6-14-7-3-11/h2-3,6-7,12,15H,4-5,8-10H2,1H3. The van der Waals surface area contributed by atoms with Crippen LogP contribution in [0.1, 0.15) is 18.4 Å². The number of likely N-dealkylation sites (N-methyl/N-ethyl adjacent to an activating group) is 1. The molecule has 0 aliphatic carbocycles. The molecule has 0 unspecified atom stereocenters. The second-order valence-corrected chi connectivity index (χ2v) is 4.52. The van der Waals surface area contributed by atoms with Crippen molar-refractivity contribution < 1.29 is 4.79 Å². The molecule has 0 saturated carbocycles. The summed E-state index contributed by atoms with van der Waals surface area (Å²) in [6, 6.07) is 4.19. The molecule has 1 aromatic rings. The third kappa shape index (κ3) is 3.27. The second-order valence-electron chi connectivity index (χ2n) is 4.52. The molecule has 0 aromatic carbocycles. The highest BCUT2D eigenvalue weighted by atomic mass is 16.2. The number of carbonyl (C=O) groups excluding carboxylic acids is 1. The van der Waals surface area contributed by atoms with E-state index < -0.39 is 0 Å². The Morgan fingerprint density at radius 2 is 2.06 bits per heavy atom. The van der Waals surface area contributed by atoms with Crippen LogP contribution >= 0.6 is 0 Å². The number of aromatic nitrogens is 1. The SMILES string of the molecule is CN(C(=O)Cc1ccncc1)C1CCNCC1. The zero-order valence-electron chi connectivity index (χ0n) is 10.2. The highest BCUT2D eigenvalue weighted by Crippen LogP contribution is 2.11. The number of nitrogens with zero attached hydrogens (tertiary/aromatic N) is 2. The van der Waals surface area contributed by atoms with E-state index in [0.717, 1.165) is 31.5 Å². The highest BCUT2D eigenvalue weighted by molar-refractivity contribution is 5.78. The first-order chi connectivity index (χ1) is 8.27. The molecule has 1 aliphatic heterocycles. The maximum atomic E-state index is 12.1. The number of nitrogens with one attached hydrogen (secondary N) is 1. The van der Waals surface area contributed by atoms with Crippen LogP contribution in [0.3, 0.4) is 0 Å². The van der Waals surface area contributed by atoms with Crippen molar-refractivity contribution in [3.63, 3.8) is 0 Å². The van der Waals surface area contributed by atoms with Crippen molar-refractivity contribution in [2.45, 2.75) is 25.3 Å². The lowest BCUT2D eigenvalue weighted by Gasteiger charge is -2.31. The van der Waals surface area contributed by atoms with Gasteiger partial charge in [-0.2, -0.15) is 0 Å². The average molecular weight is 233 g/mol. The smallest absolute Gasteiger partial charge is 0.226 e. The van der Waals surface area contributed by atoms with Gasteiger partial charge in [0.05, 0.1) is 6.42 Å². The molecule has 92 valence electrons. The van der Waals surface area contributed by atoms with Gasteiger partial charge < -0.3 is 10.2 Å². The van der Waals surface area contributed by atoms with Crippen LogP contribution in [0.25, 0.3) is 0 Å². The maximum absolute atomic E-state index is 12.1. The Morgan fingerprint density at radius 3 is 2.71 bits per heavy atom. The van der Waals surface area contributed by atoms with E-state index in [9.17, 15) is 4.79 Å². The molecule has 1 aliphatic rings. The van der Waals surface area contributed by atoms with E-state index in [0.29, 0.717) is 12.5 Å². The number of piperidine rings is 1. The number of hydrogen-bond donors (Lipinski definition) is 1. The molecule has 17 heavy (non-hydrogen) atoms. The number of carbonyl (C=O) groups is 1. The zero-order chi connectivity index (χ0) is 12.1. The molecule has 4 nitrogen and oxygen atoms in total. The van der Waals surface area contributed by atoms with Crippen molar-refractivity contribution in [2.24, 2.45) is 0 Å². The second kappa shape index (κ2) is 5.77. The van der Waals surface area contributed by atoms with Gasteiger partial charge in [0.1, 0.15) is 0 Å². The monoisotopic (exact) mass is 233 g/mol. The molecule has 1 aromatic heterocycles. The van der Waals surface area contributed by atoms with E-state index in [2.05, 4.69) is 10.3 Å². The van der Waals surface area contributed by atoms with E-state index in [1.807, 2.05) is 24.1 Å². The van der Waals surface area contributed by atoms with Gasteiger partial charge in [-0.05, 0) is 43.6 Å². The molecule has 4 heteroatoms. The van der Waals surface area contributed by atoms with E-state index in [4.69, 9.17) is 0 Å². The number of hydrogen-bond acceptors (Lipinski definition) is 3. The Bertz CT molecular complexity index is 360. The molecule has 1 N–H and O–H groups in total. The topological polar surface area (TPSA) is 45.2 Å². The van der Waals surface area contributed by atoms with Crippen LogP contribution in [0.5, 0.6) is 0 Å². The lowest BCUT2D eigenvalue weighted by Crippen LogP contribution is -2.44. The van der Waals surface area contributed by atoms with E-state index >= 15 is 0 Å². The van der Waals surface area contributed by atoms with Gasteiger partial charge in [0.15, 0.2) is 0 Å². The van der Waals surface area contributed by atoms with Gasteiger partial charge in [-0.3, -0.25) is 9.78 Å². The first kappa shape index (κ1) is 12.0. The zero-order valence-corrected chi connectivity index (χ0v) is 10.2. The molecule has 2 rings (SSSR count). The van der Waals surface area contributed by atoms with Crippen molar-refractivity contribution >= 4 is 5.91 Å². The van der Waals surface area contributed by atoms with Crippen molar-refractivity contribution in [2.75, 3.05) is 20.1 Å². The summed E-state index contributed by atoms with van der Waals surface area (Å²) in [6.07, 6.45) is 6.04. The van der Waals surface area contributed by atoms with Crippen LogP contribution in [-0.4, -0.2) is 42.0 Å². The average Bonchev–Trinajstić information content (AvgIpc) is 2.40. The minimum Gasteiger partial charge on any atom is -0.342 e. The number of rotatable bonds is 3. The first-order valence-corrected chi connectivity index (χ1v) is 6.12. The fourth-order valence-corrected chi connectivity index (χ4v) is 2.20. The predicted molar refractivity (Wildman–Crippen MR) is 66.6 cm³/mol. The molecule has 1 amide bonds. The third-order valence-electron chi connectivity index (χ3n) is 3.35. The summed E-state index contributed by atoms with van der Waals surface area (Å²) in [5.74, 6) is 0.197. The summed E-state index contributed by atoms with van der Waals surface area (Å²) < 4.78 is 0. The van der Waals surface area contributed by atoms with Crippen LogP contribution in [0, 0.1) is 0 Å². The summed E-state index contributed by atoms with van der Waals surface area (Å²) >= 11 is 0. The molecule has 2 heterocycles. The molecule has 0 spiro atoms. The fraction of sp³-hybridized carbons (Fsp3) is 0.538. The maximum Gasteiger partial charge on any atom is 0.226 e. The van der Waals surface area contributed by atoms with Gasteiger partial charge in [-0.15, -0.1) is 0 Å².